The van der Waals surface area contributed by atoms with Gasteiger partial charge in [-0.15, -0.1) is 0 Å². The van der Waals surface area contributed by atoms with Crippen LogP contribution in [-0.2, 0) is 18.9 Å². The van der Waals surface area contributed by atoms with E-state index in [9.17, 15) is 0 Å². The van der Waals surface area contributed by atoms with E-state index in [-0.39, 0.29) is 0 Å². The van der Waals surface area contributed by atoms with Crippen LogP contribution in [0.2, 0.25) is 0 Å². The molecule has 0 aromatic rings. The van der Waals surface area contributed by atoms with Crippen LogP contribution >= 0.6 is 0 Å². The summed E-state index contributed by atoms with van der Waals surface area (Å²) in [6.45, 7) is 3.57. The molecular formula is C9H21NO4. The lowest BCUT2D eigenvalue weighted by Crippen LogP contribution is -2.26. The fourth-order valence-corrected chi connectivity index (χ4v) is 0.763. The highest BCUT2D eigenvalue weighted by Gasteiger charge is 1.97. The Bertz CT molecular complexity index is 101. The first-order valence-corrected chi connectivity index (χ1v) is 4.63. The van der Waals surface area contributed by atoms with E-state index in [2.05, 4.69) is 0 Å². The topological polar surface area (TPSA) is 40.2 Å². The molecule has 5 heteroatoms. The number of rotatable bonds is 10. The first kappa shape index (κ1) is 13.8. The van der Waals surface area contributed by atoms with Crippen molar-refractivity contribution in [1.29, 1.82) is 0 Å². The molecule has 0 aliphatic heterocycles. The van der Waals surface area contributed by atoms with Crippen molar-refractivity contribution in [2.24, 2.45) is 0 Å². The highest BCUT2D eigenvalue weighted by molar-refractivity contribution is 4.35. The molecule has 0 aliphatic rings. The maximum absolute atomic E-state index is 5.28. The molecule has 0 spiro atoms. The van der Waals surface area contributed by atoms with Crippen molar-refractivity contribution in [1.82, 2.24) is 4.90 Å². The van der Waals surface area contributed by atoms with Crippen molar-refractivity contribution in [3.05, 3.63) is 0 Å². The third kappa shape index (κ3) is 9.88. The van der Waals surface area contributed by atoms with Crippen LogP contribution in [0.4, 0.5) is 0 Å². The molecule has 0 aliphatic carbocycles. The Kier molecular flexibility index (Phi) is 10.7. The van der Waals surface area contributed by atoms with Gasteiger partial charge in [-0.3, -0.25) is 4.90 Å². The van der Waals surface area contributed by atoms with Crippen molar-refractivity contribution in [2.45, 2.75) is 0 Å². The maximum Gasteiger partial charge on any atom is 0.101 e. The Morgan fingerprint density at radius 1 is 0.786 bits per heavy atom. The van der Waals surface area contributed by atoms with Gasteiger partial charge in [0.2, 0.25) is 0 Å². The Balaban J connectivity index is 3.07. The van der Waals surface area contributed by atoms with Gasteiger partial charge in [0.1, 0.15) is 13.5 Å². The molecule has 86 valence electrons. The molecule has 0 unspecified atom stereocenters. The summed E-state index contributed by atoms with van der Waals surface area (Å²) >= 11 is 0. The van der Waals surface area contributed by atoms with Gasteiger partial charge in [-0.05, 0) is 7.05 Å². The van der Waals surface area contributed by atoms with Crippen LogP contribution in [0.1, 0.15) is 0 Å². The van der Waals surface area contributed by atoms with Crippen LogP contribution in [0.5, 0.6) is 0 Å². The molecule has 0 saturated carbocycles. The lowest BCUT2D eigenvalue weighted by molar-refractivity contribution is -0.0487. The zero-order chi connectivity index (χ0) is 10.6. The van der Waals surface area contributed by atoms with Crippen LogP contribution < -0.4 is 0 Å². The lowest BCUT2D eigenvalue weighted by atomic mass is 10.7. The molecule has 0 aromatic carbocycles. The maximum atomic E-state index is 5.28. The van der Waals surface area contributed by atoms with E-state index in [1.807, 2.05) is 11.9 Å². The molecule has 5 nitrogen and oxygen atoms in total. The number of nitrogens with zero attached hydrogens (tertiary/aromatic N) is 1. The molecule has 0 amide bonds. The average Bonchev–Trinajstić information content (AvgIpc) is 2.19. The molecule has 0 radical (unpaired) electrons. The number of ether oxygens (including phenoxy) is 4. The second-order valence-corrected chi connectivity index (χ2v) is 2.92. The number of hydrogen-bond donors (Lipinski definition) is 0. The van der Waals surface area contributed by atoms with Gasteiger partial charge < -0.3 is 18.9 Å². The summed E-state index contributed by atoms with van der Waals surface area (Å²) in [5.74, 6) is 0. The molecule has 0 saturated heterocycles. The highest BCUT2D eigenvalue weighted by Crippen LogP contribution is 1.86. The Labute approximate surface area is 85.9 Å². The number of methoxy groups -OCH3 is 2. The van der Waals surface area contributed by atoms with Gasteiger partial charge in [0, 0.05) is 14.2 Å². The fourth-order valence-electron chi connectivity index (χ4n) is 0.763. The predicted octanol–water partition coefficient (Wildman–Crippen LogP) is 0.159. The van der Waals surface area contributed by atoms with Gasteiger partial charge in [0.15, 0.2) is 0 Å². The largest absolute Gasteiger partial charge is 0.382 e. The molecule has 0 N–H and O–H groups in total. The van der Waals surface area contributed by atoms with Crippen molar-refractivity contribution < 1.29 is 18.9 Å². The molecule has 0 rings (SSSR count). The standard InChI is InChI=1S/C9H21NO4/c1-10(8-13-6-4-11-2)9-14-7-5-12-3/h4-9H2,1-3H3. The van der Waals surface area contributed by atoms with E-state index in [0.717, 1.165) is 0 Å². The average molecular weight is 207 g/mol. The minimum absolute atomic E-state index is 0.552. The van der Waals surface area contributed by atoms with E-state index in [0.29, 0.717) is 39.9 Å². The predicted molar refractivity (Wildman–Crippen MR) is 53.2 cm³/mol. The molecule has 14 heavy (non-hydrogen) atoms. The fraction of sp³-hybridized carbons (Fsp3) is 1.00. The van der Waals surface area contributed by atoms with E-state index < -0.39 is 0 Å². The summed E-state index contributed by atoms with van der Waals surface area (Å²) < 4.78 is 20.3. The van der Waals surface area contributed by atoms with Crippen molar-refractivity contribution in [3.8, 4) is 0 Å². The van der Waals surface area contributed by atoms with Gasteiger partial charge in [-0.1, -0.05) is 0 Å². The van der Waals surface area contributed by atoms with Crippen molar-refractivity contribution in [2.75, 3.05) is 61.2 Å². The molecule has 0 atom stereocenters. The molecule has 0 heterocycles. The van der Waals surface area contributed by atoms with Crippen LogP contribution in [0.25, 0.3) is 0 Å². The van der Waals surface area contributed by atoms with E-state index in [4.69, 9.17) is 18.9 Å². The summed E-state index contributed by atoms with van der Waals surface area (Å²) in [4.78, 5) is 1.94. The smallest absolute Gasteiger partial charge is 0.101 e. The Morgan fingerprint density at radius 2 is 1.21 bits per heavy atom. The third-order valence-electron chi connectivity index (χ3n) is 1.49. The van der Waals surface area contributed by atoms with E-state index in [1.165, 1.54) is 0 Å². The third-order valence-corrected chi connectivity index (χ3v) is 1.49. The van der Waals surface area contributed by atoms with Gasteiger partial charge in [0.05, 0.1) is 26.4 Å². The lowest BCUT2D eigenvalue weighted by Gasteiger charge is -2.16. The molecule has 0 aromatic heterocycles. The minimum Gasteiger partial charge on any atom is -0.382 e. The monoisotopic (exact) mass is 207 g/mol. The van der Waals surface area contributed by atoms with Crippen LogP contribution in [0.15, 0.2) is 0 Å². The van der Waals surface area contributed by atoms with Crippen LogP contribution in [0, 0.1) is 0 Å². The highest BCUT2D eigenvalue weighted by atomic mass is 16.5. The van der Waals surface area contributed by atoms with Crippen molar-refractivity contribution in [3.63, 3.8) is 0 Å². The molecule has 0 fully saturated rings. The summed E-state index contributed by atoms with van der Waals surface area (Å²) in [5, 5.41) is 0. The SMILES string of the molecule is COCCOCN(C)COCCOC. The zero-order valence-electron chi connectivity index (χ0n) is 9.32. The Hall–Kier alpha value is -0.200. The van der Waals surface area contributed by atoms with E-state index in [1.54, 1.807) is 14.2 Å². The van der Waals surface area contributed by atoms with Gasteiger partial charge >= 0.3 is 0 Å². The van der Waals surface area contributed by atoms with E-state index >= 15 is 0 Å². The first-order chi connectivity index (χ1) is 6.81. The first-order valence-electron chi connectivity index (χ1n) is 4.63. The van der Waals surface area contributed by atoms with Gasteiger partial charge in [-0.2, -0.15) is 0 Å². The summed E-state index contributed by atoms with van der Waals surface area (Å²) in [6, 6.07) is 0. The second-order valence-electron chi connectivity index (χ2n) is 2.92. The normalized spacial score (nSPS) is 11.1. The minimum atomic E-state index is 0.552. The van der Waals surface area contributed by atoms with Crippen LogP contribution in [-0.4, -0.2) is 66.1 Å². The van der Waals surface area contributed by atoms with Gasteiger partial charge in [0.25, 0.3) is 0 Å². The molecular weight excluding hydrogens is 186 g/mol. The van der Waals surface area contributed by atoms with Crippen LogP contribution in [0.3, 0.4) is 0 Å². The number of hydrogen-bond acceptors (Lipinski definition) is 5. The molecule has 0 bridgehead atoms. The van der Waals surface area contributed by atoms with Gasteiger partial charge in [-0.25, -0.2) is 0 Å². The van der Waals surface area contributed by atoms with Crippen molar-refractivity contribution >= 4 is 0 Å². The summed E-state index contributed by atoms with van der Waals surface area (Å²) in [5.41, 5.74) is 0. The summed E-state index contributed by atoms with van der Waals surface area (Å²) in [7, 11) is 5.24. The Morgan fingerprint density at radius 3 is 1.57 bits per heavy atom. The summed E-state index contributed by atoms with van der Waals surface area (Å²) in [6.07, 6.45) is 0. The second kappa shape index (κ2) is 10.9. The zero-order valence-corrected chi connectivity index (χ0v) is 9.32. The quantitative estimate of drug-likeness (QED) is 0.377.